The zero-order valence-electron chi connectivity index (χ0n) is 18.5. The first kappa shape index (κ1) is 22.8. The second-order valence-electron chi connectivity index (χ2n) is 7.92. The van der Waals surface area contributed by atoms with Crippen LogP contribution in [0.2, 0.25) is 5.02 Å². The number of rotatable bonds is 5. The fourth-order valence-corrected chi connectivity index (χ4v) is 5.32. The molecule has 170 valence electrons. The summed E-state index contributed by atoms with van der Waals surface area (Å²) >= 11 is 11.1. The molecule has 0 atom stereocenters. The number of fused-ring (bicyclic) bond motifs is 1. The fraction of sp³-hybridized carbons (Fsp3) is 0.111. The van der Waals surface area contributed by atoms with E-state index in [2.05, 4.69) is 33.4 Å². The molecule has 0 aliphatic rings. The highest BCUT2D eigenvalue weighted by Crippen LogP contribution is 2.34. The van der Waals surface area contributed by atoms with E-state index in [4.69, 9.17) is 21.3 Å². The van der Waals surface area contributed by atoms with E-state index in [1.165, 1.54) is 0 Å². The molecule has 2 aromatic heterocycles. The lowest BCUT2D eigenvalue weighted by molar-refractivity contribution is 0.0963. The molecule has 3 aromatic carbocycles. The molecular weight excluding hydrogens is 532 g/mol. The van der Waals surface area contributed by atoms with Crippen molar-refractivity contribution in [3.05, 3.63) is 103 Å². The molecule has 0 fully saturated rings. The molecule has 4 nitrogen and oxygen atoms in total. The van der Waals surface area contributed by atoms with Crippen molar-refractivity contribution in [1.29, 1.82) is 0 Å². The number of ether oxygens (including phenoxy) is 1. The molecule has 0 saturated heterocycles. The number of methoxy groups -OCH3 is 1. The predicted molar refractivity (Wildman–Crippen MR) is 142 cm³/mol. The van der Waals surface area contributed by atoms with Gasteiger partial charge in [-0.05, 0) is 61.5 Å². The third-order valence-corrected chi connectivity index (χ3v) is 7.40. The SMILES string of the molecule is COc1ccc2c(cc(C)n2C(=O)c2ccc(Cl)cc2)c1Cc1nc(-c2ccc(Br)cc2)cs1. The van der Waals surface area contributed by atoms with Gasteiger partial charge in [-0.25, -0.2) is 4.98 Å². The molecule has 0 N–H and O–H groups in total. The van der Waals surface area contributed by atoms with Crippen molar-refractivity contribution in [3.8, 4) is 17.0 Å². The highest BCUT2D eigenvalue weighted by atomic mass is 79.9. The van der Waals surface area contributed by atoms with E-state index >= 15 is 0 Å². The van der Waals surface area contributed by atoms with Crippen LogP contribution in [0.25, 0.3) is 22.2 Å². The van der Waals surface area contributed by atoms with Gasteiger partial charge in [0, 0.05) is 49.1 Å². The first-order valence-corrected chi connectivity index (χ1v) is 12.7. The van der Waals surface area contributed by atoms with E-state index in [0.29, 0.717) is 17.0 Å². The van der Waals surface area contributed by atoms with Gasteiger partial charge in [0.05, 0.1) is 23.3 Å². The van der Waals surface area contributed by atoms with Crippen molar-refractivity contribution in [2.45, 2.75) is 13.3 Å². The summed E-state index contributed by atoms with van der Waals surface area (Å²) in [6.45, 7) is 1.94. The van der Waals surface area contributed by atoms with Gasteiger partial charge >= 0.3 is 0 Å². The zero-order chi connectivity index (χ0) is 23.8. The monoisotopic (exact) mass is 550 g/mol. The van der Waals surface area contributed by atoms with E-state index in [1.807, 2.05) is 37.3 Å². The maximum absolute atomic E-state index is 13.3. The average Bonchev–Trinajstić information content (AvgIpc) is 3.44. The molecule has 5 rings (SSSR count). The summed E-state index contributed by atoms with van der Waals surface area (Å²) in [5.41, 5.74) is 5.33. The first-order valence-electron chi connectivity index (χ1n) is 10.6. The number of hydrogen-bond donors (Lipinski definition) is 0. The third kappa shape index (κ3) is 4.29. The number of carbonyl (C=O) groups excluding carboxylic acids is 1. The van der Waals surface area contributed by atoms with Gasteiger partial charge in [-0.2, -0.15) is 0 Å². The summed E-state index contributed by atoms with van der Waals surface area (Å²) in [6.07, 6.45) is 0.611. The highest BCUT2D eigenvalue weighted by molar-refractivity contribution is 9.10. The second-order valence-corrected chi connectivity index (χ2v) is 10.2. The minimum atomic E-state index is -0.0907. The van der Waals surface area contributed by atoms with Crippen LogP contribution in [0.5, 0.6) is 5.75 Å². The number of hydrogen-bond acceptors (Lipinski definition) is 4. The van der Waals surface area contributed by atoms with Crippen LogP contribution in [-0.2, 0) is 6.42 Å². The topological polar surface area (TPSA) is 44.1 Å². The molecule has 0 saturated carbocycles. The predicted octanol–water partition coefficient (Wildman–Crippen LogP) is 7.78. The number of carbonyl (C=O) groups is 1. The van der Waals surface area contributed by atoms with Gasteiger partial charge in [0.15, 0.2) is 0 Å². The molecule has 0 aliphatic heterocycles. The quantitative estimate of drug-likeness (QED) is 0.224. The number of aromatic nitrogens is 2. The molecule has 2 heterocycles. The number of nitrogens with zero attached hydrogens (tertiary/aromatic N) is 2. The number of benzene rings is 3. The summed E-state index contributed by atoms with van der Waals surface area (Å²) in [5, 5.41) is 4.65. The Kier molecular flexibility index (Phi) is 6.30. The molecule has 0 spiro atoms. The minimum Gasteiger partial charge on any atom is -0.496 e. The smallest absolute Gasteiger partial charge is 0.262 e. The lowest BCUT2D eigenvalue weighted by Crippen LogP contribution is -2.13. The minimum absolute atomic E-state index is 0.0907. The first-order chi connectivity index (χ1) is 16.4. The Morgan fingerprint density at radius 2 is 1.82 bits per heavy atom. The molecular formula is C27H20BrClN2O2S. The van der Waals surface area contributed by atoms with Crippen LogP contribution >= 0.6 is 38.9 Å². The van der Waals surface area contributed by atoms with Crippen LogP contribution in [0.4, 0.5) is 0 Å². The van der Waals surface area contributed by atoms with Gasteiger partial charge in [-0.15, -0.1) is 11.3 Å². The van der Waals surface area contributed by atoms with Crippen molar-refractivity contribution in [3.63, 3.8) is 0 Å². The zero-order valence-corrected chi connectivity index (χ0v) is 21.7. The van der Waals surface area contributed by atoms with Crippen molar-refractivity contribution >= 4 is 55.7 Å². The molecule has 0 unspecified atom stereocenters. The molecule has 0 radical (unpaired) electrons. The van der Waals surface area contributed by atoms with Crippen molar-refractivity contribution in [1.82, 2.24) is 9.55 Å². The second kappa shape index (κ2) is 9.37. The maximum atomic E-state index is 13.3. The Hall–Kier alpha value is -2.93. The Bertz CT molecular complexity index is 1500. The third-order valence-electron chi connectivity index (χ3n) is 5.77. The molecule has 7 heteroatoms. The summed E-state index contributed by atoms with van der Waals surface area (Å²) in [7, 11) is 1.67. The normalized spacial score (nSPS) is 11.2. The van der Waals surface area contributed by atoms with E-state index in [0.717, 1.165) is 48.6 Å². The van der Waals surface area contributed by atoms with Crippen molar-refractivity contribution < 1.29 is 9.53 Å². The Balaban J connectivity index is 1.55. The largest absolute Gasteiger partial charge is 0.496 e. The molecule has 0 amide bonds. The number of thiazole rings is 1. The standard InChI is InChI=1S/C27H20BrClN2O2S/c1-16-13-21-22(14-26-30-23(15-34-26)17-3-7-19(28)8-4-17)25(33-2)12-11-24(21)31(16)27(32)18-5-9-20(29)10-6-18/h3-13,15H,14H2,1-2H3. The van der Waals surface area contributed by atoms with Crippen LogP contribution in [0.3, 0.4) is 0 Å². The lowest BCUT2D eigenvalue weighted by atomic mass is 10.1. The molecule has 0 bridgehead atoms. The molecule has 5 aromatic rings. The van der Waals surface area contributed by atoms with Gasteiger partial charge in [-0.1, -0.05) is 39.7 Å². The van der Waals surface area contributed by atoms with E-state index in [1.54, 1.807) is 47.3 Å². The Morgan fingerprint density at radius 1 is 1.09 bits per heavy atom. The lowest BCUT2D eigenvalue weighted by Gasteiger charge is -2.11. The van der Waals surface area contributed by atoms with Gasteiger partial charge in [0.1, 0.15) is 5.75 Å². The van der Waals surface area contributed by atoms with Gasteiger partial charge in [0.2, 0.25) is 0 Å². The summed E-state index contributed by atoms with van der Waals surface area (Å²) in [6, 6.07) is 21.0. The highest BCUT2D eigenvalue weighted by Gasteiger charge is 2.20. The average molecular weight is 552 g/mol. The molecule has 34 heavy (non-hydrogen) atoms. The number of halogens is 2. The Morgan fingerprint density at radius 3 is 2.53 bits per heavy atom. The summed E-state index contributed by atoms with van der Waals surface area (Å²) in [5.74, 6) is 0.691. The number of aryl methyl sites for hydroxylation is 1. The van der Waals surface area contributed by atoms with Gasteiger partial charge in [-0.3, -0.25) is 9.36 Å². The Labute approximate surface area is 214 Å². The van der Waals surface area contributed by atoms with Crippen LogP contribution in [0.15, 0.2) is 76.6 Å². The van der Waals surface area contributed by atoms with E-state index in [-0.39, 0.29) is 5.91 Å². The van der Waals surface area contributed by atoms with Crippen LogP contribution in [-0.4, -0.2) is 22.6 Å². The van der Waals surface area contributed by atoms with E-state index < -0.39 is 0 Å². The fourth-order valence-electron chi connectivity index (χ4n) is 4.11. The van der Waals surface area contributed by atoms with Crippen LogP contribution in [0.1, 0.15) is 26.6 Å². The van der Waals surface area contributed by atoms with E-state index in [9.17, 15) is 4.79 Å². The summed E-state index contributed by atoms with van der Waals surface area (Å²) < 4.78 is 8.49. The van der Waals surface area contributed by atoms with Gasteiger partial charge < -0.3 is 4.74 Å². The van der Waals surface area contributed by atoms with Crippen LogP contribution in [0, 0.1) is 6.92 Å². The van der Waals surface area contributed by atoms with Crippen molar-refractivity contribution in [2.75, 3.05) is 7.11 Å². The summed E-state index contributed by atoms with van der Waals surface area (Å²) in [4.78, 5) is 18.2. The molecule has 0 aliphatic carbocycles. The van der Waals surface area contributed by atoms with Gasteiger partial charge in [0.25, 0.3) is 5.91 Å². The van der Waals surface area contributed by atoms with Crippen LogP contribution < -0.4 is 4.74 Å². The van der Waals surface area contributed by atoms with Crippen molar-refractivity contribution in [2.24, 2.45) is 0 Å². The maximum Gasteiger partial charge on any atom is 0.262 e.